The van der Waals surface area contributed by atoms with Crippen molar-refractivity contribution in [3.8, 4) is 5.75 Å². The van der Waals surface area contributed by atoms with Gasteiger partial charge in [0.15, 0.2) is 0 Å². The largest absolute Gasteiger partial charge is 0.497 e. The van der Waals surface area contributed by atoms with Gasteiger partial charge in [-0.05, 0) is 36.8 Å². The summed E-state index contributed by atoms with van der Waals surface area (Å²) in [5.41, 5.74) is -2.29. The van der Waals surface area contributed by atoms with Gasteiger partial charge in [0, 0.05) is 5.30 Å². The SMILES string of the molecule is COc1ccc(P(=O)(SC)SC)cc1. The second-order valence-corrected chi connectivity index (χ2v) is 10.8. The second kappa shape index (κ2) is 5.15. The maximum absolute atomic E-state index is 12.2. The van der Waals surface area contributed by atoms with Gasteiger partial charge in [-0.1, -0.05) is 22.8 Å². The molecule has 0 saturated carbocycles. The van der Waals surface area contributed by atoms with E-state index >= 15 is 0 Å². The summed E-state index contributed by atoms with van der Waals surface area (Å²) in [4.78, 5) is 0. The average Bonchev–Trinajstić information content (AvgIpc) is 2.28. The maximum atomic E-state index is 12.2. The molecule has 0 radical (unpaired) electrons. The quantitative estimate of drug-likeness (QED) is 0.764. The molecule has 0 atom stereocenters. The Bertz CT molecular complexity index is 329. The van der Waals surface area contributed by atoms with Crippen LogP contribution in [0.1, 0.15) is 0 Å². The van der Waals surface area contributed by atoms with Crippen LogP contribution < -0.4 is 10.0 Å². The van der Waals surface area contributed by atoms with E-state index in [9.17, 15) is 4.57 Å². The summed E-state index contributed by atoms with van der Waals surface area (Å²) < 4.78 is 17.3. The molecule has 0 unspecified atom stereocenters. The Morgan fingerprint density at radius 3 is 2.00 bits per heavy atom. The van der Waals surface area contributed by atoms with Crippen LogP contribution in [0.25, 0.3) is 0 Å². The van der Waals surface area contributed by atoms with E-state index in [1.165, 1.54) is 22.8 Å². The van der Waals surface area contributed by atoms with Crippen molar-refractivity contribution in [2.75, 3.05) is 19.6 Å². The van der Waals surface area contributed by atoms with Crippen LogP contribution in [0.3, 0.4) is 0 Å². The number of methoxy groups -OCH3 is 1. The summed E-state index contributed by atoms with van der Waals surface area (Å²) in [5.74, 6) is 0.794. The van der Waals surface area contributed by atoms with Crippen molar-refractivity contribution in [2.24, 2.45) is 0 Å². The maximum Gasteiger partial charge on any atom is 0.218 e. The minimum absolute atomic E-state index is 0.794. The molecule has 0 heterocycles. The van der Waals surface area contributed by atoms with E-state index in [4.69, 9.17) is 4.74 Å². The van der Waals surface area contributed by atoms with Crippen LogP contribution in [0.4, 0.5) is 0 Å². The van der Waals surface area contributed by atoms with Gasteiger partial charge in [-0.15, -0.1) is 0 Å². The second-order valence-electron chi connectivity index (χ2n) is 2.56. The number of ether oxygens (including phenoxy) is 1. The van der Waals surface area contributed by atoms with Gasteiger partial charge in [-0.2, -0.15) is 0 Å². The van der Waals surface area contributed by atoms with Crippen LogP contribution in [0.2, 0.25) is 0 Å². The molecule has 0 fully saturated rings. The van der Waals surface area contributed by atoms with Gasteiger partial charge in [0.1, 0.15) is 5.75 Å². The zero-order valence-corrected chi connectivity index (χ0v) is 10.9. The van der Waals surface area contributed by atoms with Gasteiger partial charge in [-0.3, -0.25) is 4.57 Å². The summed E-state index contributed by atoms with van der Waals surface area (Å²) >= 11 is 2.83. The monoisotopic (exact) mass is 248 g/mol. The number of hydrogen-bond acceptors (Lipinski definition) is 4. The van der Waals surface area contributed by atoms with E-state index in [1.807, 2.05) is 36.8 Å². The first-order chi connectivity index (χ1) is 6.66. The first kappa shape index (κ1) is 12.0. The Morgan fingerprint density at radius 2 is 1.64 bits per heavy atom. The molecule has 0 N–H and O–H groups in total. The molecular formula is C9H13O2PS2. The fourth-order valence-corrected chi connectivity index (χ4v) is 5.92. The molecule has 78 valence electrons. The molecular weight excluding hydrogens is 235 g/mol. The molecule has 14 heavy (non-hydrogen) atoms. The normalized spacial score (nSPS) is 11.4. The van der Waals surface area contributed by atoms with E-state index in [-0.39, 0.29) is 0 Å². The molecule has 0 spiro atoms. The molecule has 1 aromatic carbocycles. The Labute approximate surface area is 92.7 Å². The zero-order valence-electron chi connectivity index (χ0n) is 8.39. The van der Waals surface area contributed by atoms with E-state index in [1.54, 1.807) is 7.11 Å². The molecule has 0 bridgehead atoms. The lowest BCUT2D eigenvalue weighted by Gasteiger charge is -2.12. The van der Waals surface area contributed by atoms with Gasteiger partial charge >= 0.3 is 0 Å². The third-order valence-electron chi connectivity index (χ3n) is 1.87. The van der Waals surface area contributed by atoms with Gasteiger partial charge in [0.2, 0.25) is 5.55 Å². The lowest BCUT2D eigenvalue weighted by Crippen LogP contribution is -1.98. The Hall–Kier alpha value is -0.0500. The summed E-state index contributed by atoms with van der Waals surface area (Å²) in [5, 5.41) is 0.887. The lowest BCUT2D eigenvalue weighted by atomic mass is 10.3. The standard InChI is InChI=1S/C9H13O2PS2/c1-11-8-4-6-9(7-5-8)12(10,13-2)14-3/h4-7H,1-3H3. The Morgan fingerprint density at radius 1 is 1.14 bits per heavy atom. The predicted molar refractivity (Wildman–Crippen MR) is 67.3 cm³/mol. The zero-order chi connectivity index (χ0) is 10.6. The highest BCUT2D eigenvalue weighted by atomic mass is 33.1. The summed E-state index contributed by atoms with van der Waals surface area (Å²) in [6.45, 7) is 0. The van der Waals surface area contributed by atoms with Crippen molar-refractivity contribution < 1.29 is 9.30 Å². The summed E-state index contributed by atoms with van der Waals surface area (Å²) in [6.07, 6.45) is 3.75. The number of rotatable bonds is 4. The lowest BCUT2D eigenvalue weighted by molar-refractivity contribution is 0.415. The number of benzene rings is 1. The summed E-state index contributed by atoms with van der Waals surface area (Å²) in [7, 11) is 1.62. The van der Waals surface area contributed by atoms with E-state index in [0.717, 1.165) is 11.1 Å². The minimum atomic E-state index is -2.29. The highest BCUT2D eigenvalue weighted by Gasteiger charge is 2.21. The van der Waals surface area contributed by atoms with Gasteiger partial charge in [0.05, 0.1) is 7.11 Å². The van der Waals surface area contributed by atoms with E-state index < -0.39 is 5.55 Å². The van der Waals surface area contributed by atoms with Crippen LogP contribution in [-0.2, 0) is 4.57 Å². The highest BCUT2D eigenvalue weighted by molar-refractivity contribution is 8.92. The summed E-state index contributed by atoms with van der Waals surface area (Å²) in [6, 6.07) is 7.42. The van der Waals surface area contributed by atoms with Crippen LogP contribution in [-0.4, -0.2) is 19.6 Å². The molecule has 0 amide bonds. The fourth-order valence-electron chi connectivity index (χ4n) is 1.05. The predicted octanol–water partition coefficient (Wildman–Crippen LogP) is 3.24. The molecule has 2 nitrogen and oxygen atoms in total. The van der Waals surface area contributed by atoms with Crippen LogP contribution in [0.5, 0.6) is 5.75 Å². The van der Waals surface area contributed by atoms with Crippen molar-refractivity contribution in [3.63, 3.8) is 0 Å². The molecule has 0 saturated heterocycles. The first-order valence-corrected chi connectivity index (χ1v) is 9.39. The third-order valence-corrected chi connectivity index (χ3v) is 10.6. The van der Waals surface area contributed by atoms with Crippen LogP contribution in [0.15, 0.2) is 24.3 Å². The smallest absolute Gasteiger partial charge is 0.218 e. The number of hydrogen-bond donors (Lipinski definition) is 0. The molecule has 5 heteroatoms. The van der Waals surface area contributed by atoms with Gasteiger partial charge in [-0.25, -0.2) is 0 Å². The van der Waals surface area contributed by atoms with Crippen molar-refractivity contribution in [3.05, 3.63) is 24.3 Å². The molecule has 1 rings (SSSR count). The minimum Gasteiger partial charge on any atom is -0.497 e. The third kappa shape index (κ3) is 2.50. The average molecular weight is 248 g/mol. The van der Waals surface area contributed by atoms with Crippen molar-refractivity contribution in [1.29, 1.82) is 0 Å². The van der Waals surface area contributed by atoms with Crippen molar-refractivity contribution in [1.82, 2.24) is 0 Å². The Kier molecular flexibility index (Phi) is 4.42. The fraction of sp³-hybridized carbons (Fsp3) is 0.333. The van der Waals surface area contributed by atoms with Gasteiger partial charge < -0.3 is 4.74 Å². The van der Waals surface area contributed by atoms with Crippen LogP contribution in [0, 0.1) is 0 Å². The molecule has 0 aliphatic heterocycles. The van der Waals surface area contributed by atoms with Crippen molar-refractivity contribution >= 4 is 33.6 Å². The van der Waals surface area contributed by atoms with Crippen molar-refractivity contribution in [2.45, 2.75) is 0 Å². The molecule has 0 aromatic heterocycles. The molecule has 0 aliphatic rings. The highest BCUT2D eigenvalue weighted by Crippen LogP contribution is 2.65. The van der Waals surface area contributed by atoms with E-state index in [0.29, 0.717) is 0 Å². The van der Waals surface area contributed by atoms with E-state index in [2.05, 4.69) is 0 Å². The van der Waals surface area contributed by atoms with Crippen LogP contribution >= 0.6 is 28.3 Å². The topological polar surface area (TPSA) is 26.3 Å². The molecule has 1 aromatic rings. The van der Waals surface area contributed by atoms with Gasteiger partial charge in [0.25, 0.3) is 0 Å². The Balaban J connectivity index is 3.01. The first-order valence-electron chi connectivity index (χ1n) is 4.02. The molecule has 0 aliphatic carbocycles.